The number of hydrogen-bond acceptors (Lipinski definition) is 13. The highest BCUT2D eigenvalue weighted by Crippen LogP contribution is 2.62. The van der Waals surface area contributed by atoms with Gasteiger partial charge in [-0.1, -0.05) is 27.7 Å². The van der Waals surface area contributed by atoms with Gasteiger partial charge in [0.2, 0.25) is 11.6 Å². The first-order chi connectivity index (χ1) is 22.7. The van der Waals surface area contributed by atoms with E-state index in [1.54, 1.807) is 0 Å². The molecule has 2 saturated carbocycles. The van der Waals surface area contributed by atoms with E-state index in [0.717, 1.165) is 38.5 Å². The molecule has 1 N–H and O–H groups in total. The first-order valence-corrected chi connectivity index (χ1v) is 19.3. The highest BCUT2D eigenvalue weighted by Gasteiger charge is 2.71. The average Bonchev–Trinajstić information content (AvgIpc) is 3.40. The van der Waals surface area contributed by atoms with Gasteiger partial charge in [-0.15, -0.1) is 0 Å². The van der Waals surface area contributed by atoms with Crippen LogP contribution in [0.25, 0.3) is 0 Å². The van der Waals surface area contributed by atoms with Crippen molar-refractivity contribution < 1.29 is 65.1 Å². The van der Waals surface area contributed by atoms with Crippen LogP contribution in [0.4, 0.5) is 0 Å². The van der Waals surface area contributed by atoms with E-state index in [9.17, 15) is 13.0 Å². The van der Waals surface area contributed by atoms with E-state index in [1.165, 1.54) is 0 Å². The highest BCUT2D eigenvalue weighted by molar-refractivity contribution is 7.80. The van der Waals surface area contributed by atoms with Gasteiger partial charge in [0.1, 0.15) is 6.10 Å². The number of rotatable bonds is 8. The first-order valence-electron chi connectivity index (χ1n) is 18.0. The lowest BCUT2D eigenvalue weighted by Gasteiger charge is -2.60. The molecule has 274 valence electrons. The zero-order valence-electron chi connectivity index (χ0n) is 28.7. The number of ether oxygens (including phenoxy) is 6. The van der Waals surface area contributed by atoms with Crippen LogP contribution in [0.1, 0.15) is 92.9 Å². The molecule has 8 heterocycles. The zero-order valence-corrected chi connectivity index (χ0v) is 29.6. The molecule has 8 aliphatic heterocycles. The summed E-state index contributed by atoms with van der Waals surface area (Å²) in [6.45, 7) is 11.8. The van der Waals surface area contributed by atoms with Crippen molar-refractivity contribution in [2.45, 2.75) is 147 Å². The van der Waals surface area contributed by atoms with Gasteiger partial charge in [0.05, 0.1) is 13.2 Å². The van der Waals surface area contributed by atoms with E-state index in [2.05, 4.69) is 13.8 Å². The molecule has 0 aromatic heterocycles. The van der Waals surface area contributed by atoms with E-state index in [0.29, 0.717) is 24.7 Å². The molecule has 2 spiro atoms. The van der Waals surface area contributed by atoms with Crippen molar-refractivity contribution in [3.63, 3.8) is 0 Å². The third-order valence-electron chi connectivity index (χ3n) is 13.3. The van der Waals surface area contributed by atoms with Gasteiger partial charge in [-0.05, 0) is 76.0 Å². The van der Waals surface area contributed by atoms with Crippen LogP contribution in [0.15, 0.2) is 0 Å². The summed E-state index contributed by atoms with van der Waals surface area (Å²) in [5.41, 5.74) is -1.51. The van der Waals surface area contributed by atoms with Crippen LogP contribution in [0, 0.1) is 47.3 Å². The van der Waals surface area contributed by atoms with E-state index >= 15 is 0 Å². The second-order valence-corrected chi connectivity index (χ2v) is 17.4. The molecular formula is C33H52O14S. The fourth-order valence-corrected chi connectivity index (χ4v) is 11.3. The van der Waals surface area contributed by atoms with Crippen LogP contribution in [0.2, 0.25) is 0 Å². The van der Waals surface area contributed by atoms with Crippen molar-refractivity contribution in [1.82, 2.24) is 0 Å². The SMILES string of the molecule is C[C@H]1[C@@H](OCC(CO[C@H]2O[C@@H]3O[C@]4(C)CC[C@H]5[C@H](C)CC[C@@H]([C@H]2C)[C@@]35OO4)OS(=O)(=O)O)O[C@@H]2O[C@]3(C)CC[C@H]4[C@H](C)CC[C@@H]1[C@@]24OO3. The summed E-state index contributed by atoms with van der Waals surface area (Å²) in [4.78, 5) is 24.2. The lowest BCUT2D eigenvalue weighted by molar-refractivity contribution is -0.578. The van der Waals surface area contributed by atoms with Gasteiger partial charge >= 0.3 is 10.4 Å². The van der Waals surface area contributed by atoms with E-state index in [-0.39, 0.29) is 48.7 Å². The Hall–Kier alpha value is -0.530. The Morgan fingerprint density at radius 2 is 1.10 bits per heavy atom. The molecule has 10 rings (SSSR count). The zero-order chi connectivity index (χ0) is 33.9. The van der Waals surface area contributed by atoms with Gasteiger partial charge in [-0.2, -0.15) is 8.42 Å². The minimum absolute atomic E-state index is 0.0242. The lowest BCUT2D eigenvalue weighted by Crippen LogP contribution is -2.70. The molecule has 0 aromatic carbocycles. The summed E-state index contributed by atoms with van der Waals surface area (Å²) in [7, 11) is -4.84. The molecule has 48 heavy (non-hydrogen) atoms. The summed E-state index contributed by atoms with van der Waals surface area (Å²) < 4.78 is 77.0. The second-order valence-electron chi connectivity index (χ2n) is 16.4. The third kappa shape index (κ3) is 5.45. The van der Waals surface area contributed by atoms with E-state index in [4.69, 9.17) is 52.2 Å². The van der Waals surface area contributed by atoms with Crippen LogP contribution >= 0.6 is 0 Å². The Bertz CT molecular complexity index is 1250. The van der Waals surface area contributed by atoms with Gasteiger partial charge in [-0.3, -0.25) is 4.55 Å². The maximum atomic E-state index is 12.0. The molecule has 0 aromatic rings. The largest absolute Gasteiger partial charge is 0.397 e. The molecule has 14 nitrogen and oxygen atoms in total. The van der Waals surface area contributed by atoms with Crippen molar-refractivity contribution in [3.8, 4) is 0 Å². The summed E-state index contributed by atoms with van der Waals surface area (Å²) in [6.07, 6.45) is 2.88. The molecule has 10 fully saturated rings. The van der Waals surface area contributed by atoms with Crippen LogP contribution < -0.4 is 0 Å². The Balaban J connectivity index is 0.972. The smallest absolute Gasteiger partial charge is 0.349 e. The van der Waals surface area contributed by atoms with Crippen molar-refractivity contribution in [3.05, 3.63) is 0 Å². The monoisotopic (exact) mass is 704 g/mol. The summed E-state index contributed by atoms with van der Waals surface area (Å²) in [5, 5.41) is 0. The standard InChI is InChI=1S/C33H52O14S/c1-17-7-9-24-19(3)26(39-28-32(24)22(17)11-13-30(5,41-28)44-46-32)37-15-21(43-48(34,35)36)16-38-27-20(4)25-10-8-18(2)23-12-14-31(6)42-29(40-27)33(23,25)47-45-31/h17-29H,7-16H2,1-6H3,(H,34,35,36)/t17-,18-,19-,20-,22+,23+,24+,25+,26+,27+,28-,29-,30+,31+,32-,33-/m1/s1. The molecule has 4 bridgehead atoms. The predicted octanol–water partition coefficient (Wildman–Crippen LogP) is 4.62. The van der Waals surface area contributed by atoms with Crippen LogP contribution in [0.5, 0.6) is 0 Å². The van der Waals surface area contributed by atoms with Crippen molar-refractivity contribution >= 4 is 10.4 Å². The van der Waals surface area contributed by atoms with E-state index < -0.39 is 64.4 Å². The number of fused-ring (bicyclic) bond motifs is 4. The topological polar surface area (TPSA) is 156 Å². The maximum Gasteiger partial charge on any atom is 0.397 e. The Labute approximate surface area is 282 Å². The Morgan fingerprint density at radius 3 is 1.52 bits per heavy atom. The normalized spacial score (nSPS) is 54.9. The van der Waals surface area contributed by atoms with Crippen molar-refractivity contribution in [2.75, 3.05) is 13.2 Å². The average molecular weight is 705 g/mol. The van der Waals surface area contributed by atoms with Gasteiger partial charge in [0, 0.05) is 36.5 Å². The summed E-state index contributed by atoms with van der Waals surface area (Å²) in [5.74, 6) is -0.870. The number of hydrogen-bond donors (Lipinski definition) is 1. The molecular weight excluding hydrogens is 652 g/mol. The van der Waals surface area contributed by atoms with Gasteiger partial charge in [0.15, 0.2) is 36.4 Å². The molecule has 10 aliphatic rings. The molecule has 16 atom stereocenters. The molecule has 0 amide bonds. The second kappa shape index (κ2) is 12.0. The van der Waals surface area contributed by atoms with Crippen LogP contribution in [-0.2, 0) is 62.6 Å². The predicted molar refractivity (Wildman–Crippen MR) is 162 cm³/mol. The fraction of sp³-hybridized carbons (Fsp3) is 1.00. The molecule has 2 aliphatic carbocycles. The quantitative estimate of drug-likeness (QED) is 0.276. The van der Waals surface area contributed by atoms with Crippen LogP contribution in [-0.4, -0.2) is 80.2 Å². The van der Waals surface area contributed by atoms with Gasteiger partial charge < -0.3 is 28.4 Å². The Kier molecular flexibility index (Phi) is 8.64. The minimum Gasteiger partial charge on any atom is -0.349 e. The summed E-state index contributed by atoms with van der Waals surface area (Å²) >= 11 is 0. The molecule has 0 radical (unpaired) electrons. The van der Waals surface area contributed by atoms with Crippen molar-refractivity contribution in [2.24, 2.45) is 47.3 Å². The molecule has 0 unspecified atom stereocenters. The van der Waals surface area contributed by atoms with Gasteiger partial charge in [-0.25, -0.2) is 23.7 Å². The molecule has 15 heteroatoms. The minimum atomic E-state index is -4.84. The Morgan fingerprint density at radius 1 is 0.667 bits per heavy atom. The molecule has 8 saturated heterocycles. The van der Waals surface area contributed by atoms with Gasteiger partial charge in [0.25, 0.3) is 0 Å². The van der Waals surface area contributed by atoms with Crippen LogP contribution in [0.3, 0.4) is 0 Å². The van der Waals surface area contributed by atoms with E-state index in [1.807, 2.05) is 27.7 Å². The maximum absolute atomic E-state index is 12.0. The highest BCUT2D eigenvalue weighted by atomic mass is 32.3. The van der Waals surface area contributed by atoms with Crippen molar-refractivity contribution in [1.29, 1.82) is 0 Å². The fourth-order valence-electron chi connectivity index (χ4n) is 10.8. The summed E-state index contributed by atoms with van der Waals surface area (Å²) in [6, 6.07) is 0. The first kappa shape index (κ1) is 34.6. The third-order valence-corrected chi connectivity index (χ3v) is 13.9. The lowest BCUT2D eigenvalue weighted by atomic mass is 9.58.